The molecule has 0 aliphatic carbocycles. The molecule has 3 N–H and O–H groups in total. The number of aromatic nitrogens is 6. The first-order valence-corrected chi connectivity index (χ1v) is 13.4. The number of H-pyrrole nitrogens is 1. The van der Waals surface area contributed by atoms with Gasteiger partial charge in [0.05, 0.1) is 22.4 Å². The van der Waals surface area contributed by atoms with Crippen LogP contribution < -0.4 is 10.2 Å². The molecular formula is C28H22ClN9O5. The summed E-state index contributed by atoms with van der Waals surface area (Å²) in [5.41, 5.74) is 2.76. The van der Waals surface area contributed by atoms with E-state index < -0.39 is 29.7 Å². The van der Waals surface area contributed by atoms with Gasteiger partial charge in [0.2, 0.25) is 11.7 Å². The summed E-state index contributed by atoms with van der Waals surface area (Å²) in [4.78, 5) is 61.4. The maximum absolute atomic E-state index is 13.7. The van der Waals surface area contributed by atoms with Gasteiger partial charge in [0.25, 0.3) is 0 Å². The lowest BCUT2D eigenvalue weighted by Gasteiger charge is -2.38. The average Bonchev–Trinajstić information content (AvgIpc) is 3.69. The van der Waals surface area contributed by atoms with Crippen LogP contribution in [0.5, 0.6) is 0 Å². The van der Waals surface area contributed by atoms with Gasteiger partial charge in [0.15, 0.2) is 0 Å². The molecule has 1 fully saturated rings. The van der Waals surface area contributed by atoms with Gasteiger partial charge in [0, 0.05) is 30.2 Å². The number of carbonyl (C=O) groups excluding carboxylic acids is 3. The number of nitrogens with zero attached hydrogens (tertiary/aromatic N) is 7. The van der Waals surface area contributed by atoms with Crippen LogP contribution in [-0.4, -0.2) is 83.0 Å². The third-order valence-corrected chi connectivity index (χ3v) is 7.22. The van der Waals surface area contributed by atoms with E-state index in [2.05, 4.69) is 30.8 Å². The molecular weight excluding hydrogens is 578 g/mol. The van der Waals surface area contributed by atoms with E-state index in [1.807, 2.05) is 30.3 Å². The molecule has 1 unspecified atom stereocenters. The van der Waals surface area contributed by atoms with Gasteiger partial charge < -0.3 is 25.2 Å². The summed E-state index contributed by atoms with van der Waals surface area (Å²) in [5.74, 6) is -3.66. The molecule has 1 aliphatic heterocycles. The van der Waals surface area contributed by atoms with Crippen LogP contribution in [0.15, 0.2) is 73.1 Å². The van der Waals surface area contributed by atoms with E-state index >= 15 is 0 Å². The topological polar surface area (TPSA) is 179 Å². The Morgan fingerprint density at radius 1 is 1.00 bits per heavy atom. The Bertz CT molecular complexity index is 1860. The van der Waals surface area contributed by atoms with Crippen LogP contribution in [0.1, 0.15) is 16.2 Å². The van der Waals surface area contributed by atoms with Crippen LogP contribution in [0.3, 0.4) is 0 Å². The fourth-order valence-corrected chi connectivity index (χ4v) is 5.12. The highest BCUT2D eigenvalue weighted by molar-refractivity contribution is 6.41. The van der Waals surface area contributed by atoms with Gasteiger partial charge in [-0.3, -0.25) is 14.4 Å². The van der Waals surface area contributed by atoms with E-state index in [-0.39, 0.29) is 25.3 Å². The molecule has 1 saturated heterocycles. The van der Waals surface area contributed by atoms with Crippen LogP contribution in [0.25, 0.3) is 16.7 Å². The smallest absolute Gasteiger partial charge is 0.371 e. The van der Waals surface area contributed by atoms with Gasteiger partial charge in [-0.2, -0.15) is 4.68 Å². The predicted octanol–water partition coefficient (Wildman–Crippen LogP) is 2.32. The number of anilines is 2. The van der Waals surface area contributed by atoms with Crippen LogP contribution >= 0.6 is 11.6 Å². The molecule has 216 valence electrons. The van der Waals surface area contributed by atoms with Crippen molar-refractivity contribution in [1.82, 2.24) is 35.1 Å². The Kier molecular flexibility index (Phi) is 7.26. The summed E-state index contributed by atoms with van der Waals surface area (Å²) < 4.78 is 1.36. The largest absolute Gasteiger partial charge is 0.475 e. The number of halogens is 1. The highest BCUT2D eigenvalue weighted by atomic mass is 35.5. The molecule has 3 heterocycles. The van der Waals surface area contributed by atoms with Gasteiger partial charge in [-0.05, 0) is 52.4 Å². The maximum Gasteiger partial charge on any atom is 0.371 e. The molecule has 3 amide bonds. The van der Waals surface area contributed by atoms with Crippen molar-refractivity contribution < 1.29 is 24.3 Å². The quantitative estimate of drug-likeness (QED) is 0.226. The molecule has 43 heavy (non-hydrogen) atoms. The molecule has 2 aromatic heterocycles. The van der Waals surface area contributed by atoms with Crippen LogP contribution in [0.2, 0.25) is 5.02 Å². The zero-order valence-electron chi connectivity index (χ0n) is 22.2. The molecule has 0 bridgehead atoms. The molecule has 14 nitrogen and oxygen atoms in total. The monoisotopic (exact) mass is 599 g/mol. The first-order valence-electron chi connectivity index (χ1n) is 13.0. The van der Waals surface area contributed by atoms with Crippen molar-refractivity contribution >= 4 is 57.7 Å². The van der Waals surface area contributed by atoms with Crippen LogP contribution in [-0.2, 0) is 20.8 Å². The molecule has 3 aromatic carbocycles. The second kappa shape index (κ2) is 11.3. The van der Waals surface area contributed by atoms with Gasteiger partial charge >= 0.3 is 17.8 Å². The normalized spacial score (nSPS) is 14.3. The Hall–Kier alpha value is -5.63. The minimum Gasteiger partial charge on any atom is -0.475 e. The standard InChI is InChI=1S/C28H22ClN9O5/c29-17-6-9-21(38-15-30-34-35-38)22(13-17)36-10-11-37(27(41)26(36)40)23(12-16-4-2-1-3-5-16)25(39)31-18-7-8-19-20(14-18)33-24(32-19)28(42)43/h1-9,13-15,23H,10-12H2,(H,31,39)(H,32,33)(H,42,43). The second-order valence-corrected chi connectivity index (χ2v) is 10.1. The number of hydrogen-bond donors (Lipinski definition) is 3. The molecule has 6 rings (SSSR count). The van der Waals surface area contributed by atoms with E-state index in [0.29, 0.717) is 33.1 Å². The first-order chi connectivity index (χ1) is 20.8. The number of nitrogens with one attached hydrogen (secondary N) is 2. The number of aromatic carboxylic acids is 1. The zero-order valence-corrected chi connectivity index (χ0v) is 23.0. The van der Waals surface area contributed by atoms with Crippen LogP contribution in [0.4, 0.5) is 11.4 Å². The Morgan fingerprint density at radius 2 is 1.81 bits per heavy atom. The van der Waals surface area contributed by atoms with Crippen molar-refractivity contribution in [2.24, 2.45) is 0 Å². The summed E-state index contributed by atoms with van der Waals surface area (Å²) in [5, 5.41) is 23.5. The number of piperazine rings is 1. The summed E-state index contributed by atoms with van der Waals surface area (Å²) in [7, 11) is 0. The number of hydrogen-bond acceptors (Lipinski definition) is 8. The van der Waals surface area contributed by atoms with E-state index in [1.165, 1.54) is 20.8 Å². The third-order valence-electron chi connectivity index (χ3n) is 6.98. The number of benzene rings is 3. The second-order valence-electron chi connectivity index (χ2n) is 9.66. The molecule has 0 radical (unpaired) electrons. The van der Waals surface area contributed by atoms with Gasteiger partial charge in [-0.1, -0.05) is 41.9 Å². The molecule has 1 atom stereocenters. The fourth-order valence-electron chi connectivity index (χ4n) is 4.95. The fraction of sp³-hybridized carbons (Fsp3) is 0.143. The summed E-state index contributed by atoms with van der Waals surface area (Å²) >= 11 is 6.24. The van der Waals surface area contributed by atoms with Crippen molar-refractivity contribution in [2.45, 2.75) is 12.5 Å². The highest BCUT2D eigenvalue weighted by Crippen LogP contribution is 2.30. The SMILES string of the molecule is O=C(O)c1nc2ccc(NC(=O)C(Cc3ccccc3)N3CCN(c4cc(Cl)ccc4-n4cnnn4)C(=O)C3=O)cc2[nH]1. The minimum absolute atomic E-state index is 0.0542. The predicted molar refractivity (Wildman–Crippen MR) is 154 cm³/mol. The number of imidazole rings is 1. The number of aromatic amines is 1. The highest BCUT2D eigenvalue weighted by Gasteiger charge is 2.40. The number of carboxylic acid groups (broad SMARTS) is 1. The lowest BCUT2D eigenvalue weighted by Crippen LogP contribution is -2.60. The minimum atomic E-state index is -1.21. The summed E-state index contributed by atoms with van der Waals surface area (Å²) in [6.45, 7) is 0.134. The molecule has 15 heteroatoms. The number of fused-ring (bicyclic) bond motifs is 1. The molecule has 5 aromatic rings. The van der Waals surface area contributed by atoms with Crippen molar-refractivity contribution in [3.05, 3.63) is 89.5 Å². The van der Waals surface area contributed by atoms with Crippen LogP contribution in [0, 0.1) is 0 Å². The Labute approximate surface area is 247 Å². The first kappa shape index (κ1) is 27.5. The molecule has 1 aliphatic rings. The molecule has 0 saturated carbocycles. The van der Waals surface area contributed by atoms with E-state index in [0.717, 1.165) is 5.56 Å². The van der Waals surface area contributed by atoms with Gasteiger partial charge in [-0.25, -0.2) is 9.78 Å². The van der Waals surface area contributed by atoms with E-state index in [1.54, 1.807) is 36.4 Å². The zero-order chi connectivity index (χ0) is 30.1. The number of rotatable bonds is 8. The average molecular weight is 600 g/mol. The van der Waals surface area contributed by atoms with Crippen molar-refractivity contribution in [2.75, 3.05) is 23.3 Å². The van der Waals surface area contributed by atoms with Crippen molar-refractivity contribution in [1.29, 1.82) is 0 Å². The lowest BCUT2D eigenvalue weighted by atomic mass is 10.0. The van der Waals surface area contributed by atoms with Gasteiger partial charge in [0.1, 0.15) is 12.4 Å². The van der Waals surface area contributed by atoms with Crippen molar-refractivity contribution in [3.63, 3.8) is 0 Å². The van der Waals surface area contributed by atoms with E-state index in [4.69, 9.17) is 11.6 Å². The maximum atomic E-state index is 13.7. The Balaban J connectivity index is 1.28. The third kappa shape index (κ3) is 5.50. The number of carbonyl (C=O) groups is 4. The van der Waals surface area contributed by atoms with Crippen molar-refractivity contribution in [3.8, 4) is 5.69 Å². The summed E-state index contributed by atoms with van der Waals surface area (Å²) in [6, 6.07) is 17.6. The Morgan fingerprint density at radius 3 is 2.56 bits per heavy atom. The van der Waals surface area contributed by atoms with Gasteiger partial charge in [-0.15, -0.1) is 5.10 Å². The number of tetrazole rings is 1. The summed E-state index contributed by atoms with van der Waals surface area (Å²) in [6.07, 6.45) is 1.51. The number of amides is 3. The lowest BCUT2D eigenvalue weighted by molar-refractivity contribution is -0.149. The molecule has 0 spiro atoms. The van der Waals surface area contributed by atoms with E-state index in [9.17, 15) is 24.3 Å². The number of carboxylic acids is 1.